The van der Waals surface area contributed by atoms with Gasteiger partial charge in [0.05, 0.1) is 12.2 Å². The average molecular weight is 421 g/mol. The number of carbonyl (C=O) groups excluding carboxylic acids is 1. The molecule has 5 heteroatoms. The molecule has 0 radical (unpaired) electrons. The minimum absolute atomic E-state index is 0.118. The van der Waals surface area contributed by atoms with E-state index in [2.05, 4.69) is 34.7 Å². The van der Waals surface area contributed by atoms with Crippen molar-refractivity contribution in [2.24, 2.45) is 5.92 Å². The molecule has 1 aromatic carbocycles. The molecule has 26 heavy (non-hydrogen) atoms. The van der Waals surface area contributed by atoms with Gasteiger partial charge in [-0.25, -0.2) is 0 Å². The highest BCUT2D eigenvalue weighted by molar-refractivity contribution is 9.10. The Balaban J connectivity index is 1.46. The van der Waals surface area contributed by atoms with E-state index >= 15 is 0 Å². The molecule has 0 saturated carbocycles. The number of ether oxygens (including phenoxy) is 1. The highest BCUT2D eigenvalue weighted by Crippen LogP contribution is 2.22. The lowest BCUT2D eigenvalue weighted by atomic mass is 9.95. The second-order valence-corrected chi connectivity index (χ2v) is 8.45. The monoisotopic (exact) mass is 420 g/mol. The summed E-state index contributed by atoms with van der Waals surface area (Å²) >= 11 is 3.52. The maximum absolute atomic E-state index is 12.5. The van der Waals surface area contributed by atoms with Gasteiger partial charge in [-0.2, -0.15) is 0 Å². The molecule has 0 bridgehead atoms. The van der Waals surface area contributed by atoms with Crippen LogP contribution in [0, 0.1) is 5.92 Å². The lowest BCUT2D eigenvalue weighted by Gasteiger charge is -2.39. The molecule has 0 N–H and O–H groups in total. The summed E-state index contributed by atoms with van der Waals surface area (Å²) in [6, 6.07) is 7.95. The number of halogens is 1. The highest BCUT2D eigenvalue weighted by Gasteiger charge is 2.27. The zero-order valence-electron chi connectivity index (χ0n) is 15.7. The first kappa shape index (κ1) is 19.6. The van der Waals surface area contributed by atoms with E-state index in [9.17, 15) is 4.79 Å². The van der Waals surface area contributed by atoms with Gasteiger partial charge >= 0.3 is 0 Å². The molecule has 2 heterocycles. The number of hydrogen-bond acceptors (Lipinski definition) is 3. The number of likely N-dealkylation sites (tertiary alicyclic amines) is 1. The van der Waals surface area contributed by atoms with Crippen LogP contribution in [0.4, 0.5) is 0 Å². The van der Waals surface area contributed by atoms with Crippen molar-refractivity contribution in [3.63, 3.8) is 0 Å². The predicted molar refractivity (Wildman–Crippen MR) is 109 cm³/mol. The van der Waals surface area contributed by atoms with Crippen LogP contribution in [0.15, 0.2) is 34.8 Å². The Morgan fingerprint density at radius 2 is 1.85 bits per heavy atom. The lowest BCUT2D eigenvalue weighted by molar-refractivity contribution is -0.127. The third-order valence-corrected chi connectivity index (χ3v) is 5.97. The Bertz CT molecular complexity index is 631. The van der Waals surface area contributed by atoms with Gasteiger partial charge in [0.2, 0.25) is 5.91 Å². The Morgan fingerprint density at radius 3 is 2.50 bits per heavy atom. The quantitative estimate of drug-likeness (QED) is 0.694. The molecule has 0 aromatic heterocycles. The number of rotatable bonds is 4. The first-order chi connectivity index (χ1) is 12.5. The van der Waals surface area contributed by atoms with Crippen molar-refractivity contribution in [2.45, 2.75) is 38.9 Å². The smallest absolute Gasteiger partial charge is 0.246 e. The molecule has 1 aromatic rings. The second-order valence-electron chi connectivity index (χ2n) is 7.60. The molecule has 2 aliphatic heterocycles. The molecule has 2 aliphatic rings. The first-order valence-electron chi connectivity index (χ1n) is 9.60. The number of amides is 1. The Hall–Kier alpha value is -1.17. The van der Waals surface area contributed by atoms with E-state index in [0.717, 1.165) is 55.6 Å². The predicted octanol–water partition coefficient (Wildman–Crippen LogP) is 3.81. The summed E-state index contributed by atoms with van der Waals surface area (Å²) in [5.74, 6) is 0.802. The molecule has 1 amide bonds. The summed E-state index contributed by atoms with van der Waals surface area (Å²) in [6.07, 6.45) is 6.43. The average Bonchev–Trinajstić information content (AvgIpc) is 2.60. The topological polar surface area (TPSA) is 32.8 Å². The van der Waals surface area contributed by atoms with Crippen molar-refractivity contribution in [3.8, 4) is 0 Å². The van der Waals surface area contributed by atoms with Crippen LogP contribution < -0.4 is 0 Å². The molecule has 2 unspecified atom stereocenters. The SMILES string of the molecule is CC1CN(CC2CCN(C(=O)/C=C/c3ccccc3Br)CC2)CC(C)O1. The molecule has 2 saturated heterocycles. The summed E-state index contributed by atoms with van der Waals surface area (Å²) in [6.45, 7) is 9.21. The van der Waals surface area contributed by atoms with Crippen molar-refractivity contribution in [1.29, 1.82) is 0 Å². The molecule has 3 rings (SSSR count). The number of piperidine rings is 1. The zero-order valence-corrected chi connectivity index (χ0v) is 17.3. The number of hydrogen-bond donors (Lipinski definition) is 0. The third kappa shape index (κ3) is 5.41. The van der Waals surface area contributed by atoms with Crippen molar-refractivity contribution in [1.82, 2.24) is 9.80 Å². The summed E-state index contributed by atoms with van der Waals surface area (Å²) in [7, 11) is 0. The maximum Gasteiger partial charge on any atom is 0.246 e. The minimum Gasteiger partial charge on any atom is -0.373 e. The molecule has 142 valence electrons. The van der Waals surface area contributed by atoms with Crippen LogP contribution in [0.1, 0.15) is 32.3 Å². The molecule has 2 atom stereocenters. The Kier molecular flexibility index (Phi) is 6.90. The molecular formula is C21H29BrN2O2. The van der Waals surface area contributed by atoms with Gasteiger partial charge in [0.15, 0.2) is 0 Å². The number of benzene rings is 1. The zero-order chi connectivity index (χ0) is 18.5. The third-order valence-electron chi connectivity index (χ3n) is 5.25. The van der Waals surface area contributed by atoms with Crippen LogP contribution in [0.25, 0.3) is 6.08 Å². The van der Waals surface area contributed by atoms with Crippen molar-refractivity contribution >= 4 is 27.9 Å². The van der Waals surface area contributed by atoms with E-state index in [-0.39, 0.29) is 5.91 Å². The van der Waals surface area contributed by atoms with Crippen LogP contribution in [0.5, 0.6) is 0 Å². The van der Waals surface area contributed by atoms with E-state index in [4.69, 9.17) is 4.74 Å². The fourth-order valence-electron chi connectivity index (χ4n) is 4.01. The molecule has 0 spiro atoms. The van der Waals surface area contributed by atoms with Gasteiger partial charge in [-0.05, 0) is 50.3 Å². The van der Waals surface area contributed by atoms with Gasteiger partial charge in [-0.1, -0.05) is 34.1 Å². The standard InChI is InChI=1S/C21H29BrN2O2/c1-16-13-23(14-17(2)26-16)15-18-9-11-24(12-10-18)21(25)8-7-19-5-3-4-6-20(19)22/h3-8,16-18H,9-15H2,1-2H3/b8-7+. The van der Waals surface area contributed by atoms with E-state index < -0.39 is 0 Å². The van der Waals surface area contributed by atoms with Crippen molar-refractivity contribution in [2.75, 3.05) is 32.7 Å². The lowest BCUT2D eigenvalue weighted by Crippen LogP contribution is -2.48. The van der Waals surface area contributed by atoms with Crippen LogP contribution in [0.3, 0.4) is 0 Å². The second kappa shape index (κ2) is 9.16. The van der Waals surface area contributed by atoms with Crippen molar-refractivity contribution < 1.29 is 9.53 Å². The summed E-state index contributed by atoms with van der Waals surface area (Å²) < 4.78 is 6.83. The first-order valence-corrected chi connectivity index (χ1v) is 10.4. The van der Waals surface area contributed by atoms with Gasteiger partial charge in [0.1, 0.15) is 0 Å². The molecular weight excluding hydrogens is 392 g/mol. The Morgan fingerprint density at radius 1 is 1.19 bits per heavy atom. The fraction of sp³-hybridized carbons (Fsp3) is 0.571. The molecule has 0 aliphatic carbocycles. The largest absolute Gasteiger partial charge is 0.373 e. The van der Waals surface area contributed by atoms with E-state index in [1.54, 1.807) is 6.08 Å². The van der Waals surface area contributed by atoms with Crippen molar-refractivity contribution in [3.05, 3.63) is 40.4 Å². The normalized spacial score (nSPS) is 25.7. The van der Waals surface area contributed by atoms with E-state index in [0.29, 0.717) is 18.1 Å². The number of nitrogens with zero attached hydrogens (tertiary/aromatic N) is 2. The number of morpholine rings is 1. The van der Waals surface area contributed by atoms with E-state index in [1.165, 1.54) is 0 Å². The number of carbonyl (C=O) groups is 1. The van der Waals surface area contributed by atoms with Gasteiger partial charge in [0, 0.05) is 43.3 Å². The van der Waals surface area contributed by atoms with Gasteiger partial charge in [-0.3, -0.25) is 9.69 Å². The Labute approximate surface area is 165 Å². The maximum atomic E-state index is 12.5. The molecule has 4 nitrogen and oxygen atoms in total. The van der Waals surface area contributed by atoms with Crippen LogP contribution in [-0.2, 0) is 9.53 Å². The van der Waals surface area contributed by atoms with Gasteiger partial charge in [0.25, 0.3) is 0 Å². The van der Waals surface area contributed by atoms with Gasteiger partial charge < -0.3 is 9.64 Å². The summed E-state index contributed by atoms with van der Waals surface area (Å²) in [5, 5.41) is 0. The summed E-state index contributed by atoms with van der Waals surface area (Å²) in [5.41, 5.74) is 1.03. The van der Waals surface area contributed by atoms with Crippen LogP contribution >= 0.6 is 15.9 Å². The van der Waals surface area contributed by atoms with E-state index in [1.807, 2.05) is 35.2 Å². The summed E-state index contributed by atoms with van der Waals surface area (Å²) in [4.78, 5) is 17.0. The fourth-order valence-corrected chi connectivity index (χ4v) is 4.43. The minimum atomic E-state index is 0.118. The van der Waals surface area contributed by atoms with Crippen LogP contribution in [-0.4, -0.2) is 60.6 Å². The van der Waals surface area contributed by atoms with Gasteiger partial charge in [-0.15, -0.1) is 0 Å². The highest BCUT2D eigenvalue weighted by atomic mass is 79.9. The van der Waals surface area contributed by atoms with Crippen LogP contribution in [0.2, 0.25) is 0 Å². The molecule has 2 fully saturated rings.